The zero-order valence-electron chi connectivity index (χ0n) is 14.3. The summed E-state index contributed by atoms with van der Waals surface area (Å²) in [6, 6.07) is 11.5. The number of nitrogens with zero attached hydrogens (tertiary/aromatic N) is 4. The summed E-state index contributed by atoms with van der Waals surface area (Å²) in [6.07, 6.45) is 0.765. The zero-order chi connectivity index (χ0) is 18.1. The van der Waals surface area contributed by atoms with Gasteiger partial charge in [-0.25, -0.2) is 4.98 Å². The smallest absolute Gasteiger partial charge is 0.258 e. The quantitative estimate of drug-likeness (QED) is 0.533. The van der Waals surface area contributed by atoms with Crippen molar-refractivity contribution in [3.05, 3.63) is 68.7 Å². The molecule has 0 aliphatic heterocycles. The molecule has 0 aliphatic carbocycles. The van der Waals surface area contributed by atoms with E-state index in [0.29, 0.717) is 16.7 Å². The molecular formula is C18H17N5OS2. The fourth-order valence-electron chi connectivity index (χ4n) is 2.68. The first-order valence-electron chi connectivity index (χ1n) is 8.18. The maximum atomic E-state index is 12.3. The molecule has 6 nitrogen and oxygen atoms in total. The largest absolute Gasteiger partial charge is 0.309 e. The van der Waals surface area contributed by atoms with E-state index < -0.39 is 0 Å². The van der Waals surface area contributed by atoms with E-state index >= 15 is 0 Å². The topological polar surface area (TPSA) is 76.5 Å². The normalized spacial score (nSPS) is 12.5. The molecule has 26 heavy (non-hydrogen) atoms. The maximum absolute atomic E-state index is 12.3. The number of aromatic amines is 1. The Balaban J connectivity index is 1.58. The Morgan fingerprint density at radius 3 is 2.88 bits per heavy atom. The van der Waals surface area contributed by atoms with Crippen molar-refractivity contribution in [2.75, 3.05) is 0 Å². The molecule has 4 aromatic rings. The van der Waals surface area contributed by atoms with E-state index in [9.17, 15) is 4.79 Å². The van der Waals surface area contributed by atoms with E-state index in [0.717, 1.165) is 17.4 Å². The SMILES string of the molecule is C[C@@H](Sc1nnc(Cc2cccs2)n1C)c1nc2ccccc2c(=O)[nH]1. The van der Waals surface area contributed by atoms with Gasteiger partial charge in [0.25, 0.3) is 5.56 Å². The van der Waals surface area contributed by atoms with Crippen molar-refractivity contribution >= 4 is 34.0 Å². The van der Waals surface area contributed by atoms with Gasteiger partial charge in [-0.1, -0.05) is 30.0 Å². The summed E-state index contributed by atoms with van der Waals surface area (Å²) in [6.45, 7) is 2.01. The van der Waals surface area contributed by atoms with Gasteiger partial charge < -0.3 is 9.55 Å². The zero-order valence-corrected chi connectivity index (χ0v) is 16.0. The number of hydrogen-bond acceptors (Lipinski definition) is 6. The number of para-hydroxylation sites is 1. The highest BCUT2D eigenvalue weighted by Crippen LogP contribution is 2.32. The van der Waals surface area contributed by atoms with Crippen LogP contribution in [0.15, 0.2) is 51.7 Å². The highest BCUT2D eigenvalue weighted by atomic mass is 32.2. The number of rotatable bonds is 5. The van der Waals surface area contributed by atoms with E-state index in [1.807, 2.05) is 42.8 Å². The monoisotopic (exact) mass is 383 g/mol. The minimum absolute atomic E-state index is 0.0511. The summed E-state index contributed by atoms with van der Waals surface area (Å²) in [5, 5.41) is 12.0. The number of thioether (sulfide) groups is 1. The van der Waals surface area contributed by atoms with Crippen molar-refractivity contribution in [3.8, 4) is 0 Å². The summed E-state index contributed by atoms with van der Waals surface area (Å²) in [7, 11) is 1.97. The molecule has 0 saturated carbocycles. The Morgan fingerprint density at radius 2 is 2.08 bits per heavy atom. The lowest BCUT2D eigenvalue weighted by molar-refractivity contribution is 0.747. The van der Waals surface area contributed by atoms with Crippen LogP contribution in [0.4, 0.5) is 0 Å². The Hall–Kier alpha value is -2.45. The summed E-state index contributed by atoms with van der Waals surface area (Å²) >= 11 is 3.25. The van der Waals surface area contributed by atoms with Crippen LogP contribution in [0.25, 0.3) is 10.9 Å². The van der Waals surface area contributed by atoms with Crippen molar-refractivity contribution in [3.63, 3.8) is 0 Å². The minimum Gasteiger partial charge on any atom is -0.309 e. The second kappa shape index (κ2) is 7.05. The van der Waals surface area contributed by atoms with Gasteiger partial charge in [0.05, 0.1) is 16.2 Å². The maximum Gasteiger partial charge on any atom is 0.258 e. The molecule has 0 aliphatic rings. The summed E-state index contributed by atoms with van der Waals surface area (Å²) in [5.74, 6) is 1.56. The fraction of sp³-hybridized carbons (Fsp3) is 0.222. The lowest BCUT2D eigenvalue weighted by Crippen LogP contribution is -2.13. The van der Waals surface area contributed by atoms with Crippen LogP contribution >= 0.6 is 23.1 Å². The van der Waals surface area contributed by atoms with Crippen molar-refractivity contribution in [1.29, 1.82) is 0 Å². The van der Waals surface area contributed by atoms with Crippen LogP contribution in [-0.4, -0.2) is 24.7 Å². The molecule has 0 spiro atoms. The van der Waals surface area contributed by atoms with Crippen LogP contribution in [0, 0.1) is 0 Å². The van der Waals surface area contributed by atoms with E-state index in [1.54, 1.807) is 17.4 Å². The van der Waals surface area contributed by atoms with Gasteiger partial charge >= 0.3 is 0 Å². The van der Waals surface area contributed by atoms with Crippen LogP contribution < -0.4 is 5.56 Å². The van der Waals surface area contributed by atoms with E-state index in [2.05, 4.69) is 31.6 Å². The Kier molecular flexibility index (Phi) is 4.60. The minimum atomic E-state index is -0.116. The Morgan fingerprint density at radius 1 is 1.23 bits per heavy atom. The van der Waals surface area contributed by atoms with Gasteiger partial charge in [-0.05, 0) is 30.5 Å². The molecule has 0 amide bonds. The van der Waals surface area contributed by atoms with Crippen LogP contribution in [0.2, 0.25) is 0 Å². The molecule has 0 saturated heterocycles. The number of benzene rings is 1. The second-order valence-corrected chi connectivity index (χ2v) is 8.28. The molecular weight excluding hydrogens is 366 g/mol. The lowest BCUT2D eigenvalue weighted by Gasteiger charge is -2.11. The standard InChI is InChI=1S/C18H17N5OS2/c1-11(16-19-14-8-4-3-7-13(14)17(24)20-16)26-18-22-21-15(23(18)2)10-12-6-5-9-25-12/h3-9,11H,10H2,1-2H3,(H,19,20,24)/t11-/m1/s1. The van der Waals surface area contributed by atoms with Crippen molar-refractivity contribution in [2.45, 2.75) is 23.8 Å². The average Bonchev–Trinajstić information content (AvgIpc) is 3.27. The third-order valence-electron chi connectivity index (χ3n) is 4.14. The molecule has 0 fully saturated rings. The van der Waals surface area contributed by atoms with Crippen molar-refractivity contribution in [2.24, 2.45) is 7.05 Å². The Labute approximate surface area is 158 Å². The predicted octanol–water partition coefficient (Wildman–Crippen LogP) is 3.56. The van der Waals surface area contributed by atoms with Gasteiger partial charge in [0.1, 0.15) is 11.6 Å². The van der Waals surface area contributed by atoms with Gasteiger partial charge in [0, 0.05) is 18.3 Å². The van der Waals surface area contributed by atoms with Gasteiger partial charge in [-0.15, -0.1) is 21.5 Å². The van der Waals surface area contributed by atoms with Gasteiger partial charge in [-0.3, -0.25) is 4.79 Å². The van der Waals surface area contributed by atoms with Gasteiger partial charge in [0.15, 0.2) is 5.16 Å². The van der Waals surface area contributed by atoms with Crippen LogP contribution in [0.5, 0.6) is 0 Å². The first kappa shape index (κ1) is 17.0. The number of nitrogens with one attached hydrogen (secondary N) is 1. The second-order valence-electron chi connectivity index (χ2n) is 5.94. The lowest BCUT2D eigenvalue weighted by atomic mass is 10.2. The average molecular weight is 384 g/mol. The van der Waals surface area contributed by atoms with E-state index in [1.165, 1.54) is 16.6 Å². The van der Waals surface area contributed by atoms with Crippen LogP contribution in [0.1, 0.15) is 28.7 Å². The van der Waals surface area contributed by atoms with Crippen LogP contribution in [0.3, 0.4) is 0 Å². The highest BCUT2D eigenvalue weighted by molar-refractivity contribution is 7.99. The third-order valence-corrected chi connectivity index (χ3v) is 6.16. The highest BCUT2D eigenvalue weighted by Gasteiger charge is 2.17. The summed E-state index contributed by atoms with van der Waals surface area (Å²) < 4.78 is 2.00. The predicted molar refractivity (Wildman–Crippen MR) is 105 cm³/mol. The molecule has 0 unspecified atom stereocenters. The molecule has 3 heterocycles. The van der Waals surface area contributed by atoms with Crippen molar-refractivity contribution in [1.82, 2.24) is 24.7 Å². The number of fused-ring (bicyclic) bond motifs is 1. The number of hydrogen-bond donors (Lipinski definition) is 1. The van der Waals surface area contributed by atoms with E-state index in [-0.39, 0.29) is 10.8 Å². The molecule has 8 heteroatoms. The molecule has 1 atom stereocenters. The van der Waals surface area contributed by atoms with E-state index in [4.69, 9.17) is 0 Å². The third kappa shape index (κ3) is 3.30. The summed E-state index contributed by atoms with van der Waals surface area (Å²) in [5.41, 5.74) is 0.587. The molecule has 1 N–H and O–H groups in total. The number of aromatic nitrogens is 5. The summed E-state index contributed by atoms with van der Waals surface area (Å²) in [4.78, 5) is 21.0. The Bertz CT molecular complexity index is 1100. The number of H-pyrrole nitrogens is 1. The molecule has 4 rings (SSSR count). The first-order valence-corrected chi connectivity index (χ1v) is 9.94. The van der Waals surface area contributed by atoms with Gasteiger partial charge in [0.2, 0.25) is 0 Å². The van der Waals surface area contributed by atoms with Crippen molar-refractivity contribution < 1.29 is 0 Å². The first-order chi connectivity index (χ1) is 12.6. The molecule has 0 radical (unpaired) electrons. The van der Waals surface area contributed by atoms with Gasteiger partial charge in [-0.2, -0.15) is 0 Å². The fourth-order valence-corrected chi connectivity index (χ4v) is 4.27. The van der Waals surface area contributed by atoms with Crippen LogP contribution in [-0.2, 0) is 13.5 Å². The number of thiophene rings is 1. The molecule has 132 valence electrons. The molecule has 0 bridgehead atoms. The molecule has 3 aromatic heterocycles. The molecule has 1 aromatic carbocycles.